The van der Waals surface area contributed by atoms with Crippen LogP contribution in [0.1, 0.15) is 48.9 Å². The van der Waals surface area contributed by atoms with E-state index in [2.05, 4.69) is 5.32 Å². The Bertz CT molecular complexity index is 475. The van der Waals surface area contributed by atoms with E-state index in [1.54, 1.807) is 0 Å². The first kappa shape index (κ1) is 16.2. The molecule has 0 bridgehead atoms. The monoisotopic (exact) mass is 313 g/mol. The van der Waals surface area contributed by atoms with Crippen molar-refractivity contribution in [2.45, 2.75) is 44.6 Å². The van der Waals surface area contributed by atoms with E-state index >= 15 is 0 Å². The maximum Gasteiger partial charge on any atom is 0.252 e. The second kappa shape index (κ2) is 8.35. The van der Waals surface area contributed by atoms with Crippen molar-refractivity contribution in [3.05, 3.63) is 34.6 Å². The third-order valence-electron chi connectivity index (χ3n) is 3.69. The average molecular weight is 314 g/mol. The summed E-state index contributed by atoms with van der Waals surface area (Å²) in [5.74, 6) is -0.727. The third kappa shape index (κ3) is 5.29. The molecule has 0 aromatic heterocycles. The first-order valence-corrected chi connectivity index (χ1v) is 7.89. The number of hydrogen-bond acceptors (Lipinski definition) is 2. The lowest BCUT2D eigenvalue weighted by Crippen LogP contribution is -2.26. The highest BCUT2D eigenvalue weighted by atomic mass is 35.5. The predicted octanol–water partition coefficient (Wildman–Crippen LogP) is 3.95. The van der Waals surface area contributed by atoms with Crippen LogP contribution >= 0.6 is 11.6 Å². The van der Waals surface area contributed by atoms with Gasteiger partial charge in [-0.3, -0.25) is 4.79 Å². The summed E-state index contributed by atoms with van der Waals surface area (Å²) in [5.41, 5.74) is 0.297. The number of hydrogen-bond donors (Lipinski definition) is 1. The van der Waals surface area contributed by atoms with Crippen molar-refractivity contribution < 1.29 is 13.9 Å². The van der Waals surface area contributed by atoms with Gasteiger partial charge in [0, 0.05) is 13.2 Å². The summed E-state index contributed by atoms with van der Waals surface area (Å²) in [6.45, 7) is 1.18. The topological polar surface area (TPSA) is 38.3 Å². The highest BCUT2D eigenvalue weighted by molar-refractivity contribution is 6.33. The maximum atomic E-state index is 12.9. The van der Waals surface area contributed by atoms with Gasteiger partial charge in [-0.25, -0.2) is 4.39 Å². The summed E-state index contributed by atoms with van der Waals surface area (Å²) >= 11 is 5.84. The fraction of sp³-hybridized carbons (Fsp3) is 0.562. The first-order valence-electron chi connectivity index (χ1n) is 7.51. The lowest BCUT2D eigenvalue weighted by Gasteiger charge is -2.21. The fourth-order valence-corrected chi connectivity index (χ4v) is 2.78. The van der Waals surface area contributed by atoms with Gasteiger partial charge in [0.1, 0.15) is 5.82 Å². The maximum absolute atomic E-state index is 12.9. The first-order chi connectivity index (χ1) is 10.2. The second-order valence-electron chi connectivity index (χ2n) is 5.36. The molecule has 2 rings (SSSR count). The Labute approximate surface area is 129 Å². The molecular formula is C16H21ClFNO2. The molecule has 0 radical (unpaired) electrons. The van der Waals surface area contributed by atoms with Crippen molar-refractivity contribution in [3.63, 3.8) is 0 Å². The van der Waals surface area contributed by atoms with Gasteiger partial charge < -0.3 is 10.1 Å². The van der Waals surface area contributed by atoms with Crippen LogP contribution < -0.4 is 5.32 Å². The van der Waals surface area contributed by atoms with E-state index in [0.29, 0.717) is 24.8 Å². The van der Waals surface area contributed by atoms with Crippen LogP contribution in [0.4, 0.5) is 4.39 Å². The molecule has 3 nitrogen and oxygen atoms in total. The molecule has 1 saturated carbocycles. The number of carbonyl (C=O) groups excluding carboxylic acids is 1. The molecule has 0 unspecified atom stereocenters. The fourth-order valence-electron chi connectivity index (χ4n) is 2.52. The van der Waals surface area contributed by atoms with Crippen LogP contribution in [0.3, 0.4) is 0 Å². The molecule has 0 aliphatic heterocycles. The van der Waals surface area contributed by atoms with Gasteiger partial charge in [0.05, 0.1) is 16.7 Å². The molecule has 1 N–H and O–H groups in total. The zero-order valence-electron chi connectivity index (χ0n) is 12.0. The zero-order chi connectivity index (χ0) is 15.1. The Morgan fingerprint density at radius 2 is 2.10 bits per heavy atom. The number of benzene rings is 1. The molecule has 1 aliphatic rings. The van der Waals surface area contributed by atoms with Gasteiger partial charge in [-0.1, -0.05) is 30.9 Å². The Hall–Kier alpha value is -1.13. The Morgan fingerprint density at radius 1 is 1.33 bits per heavy atom. The van der Waals surface area contributed by atoms with Crippen molar-refractivity contribution in [3.8, 4) is 0 Å². The Morgan fingerprint density at radius 3 is 2.81 bits per heavy atom. The minimum atomic E-state index is -0.447. The molecule has 1 amide bonds. The highest BCUT2D eigenvalue weighted by Gasteiger charge is 2.13. The summed E-state index contributed by atoms with van der Waals surface area (Å²) < 4.78 is 18.7. The molecule has 1 aromatic carbocycles. The van der Waals surface area contributed by atoms with Crippen LogP contribution in [0.2, 0.25) is 5.02 Å². The van der Waals surface area contributed by atoms with E-state index in [0.717, 1.165) is 25.3 Å². The summed E-state index contributed by atoms with van der Waals surface area (Å²) in [7, 11) is 0. The van der Waals surface area contributed by atoms with E-state index < -0.39 is 5.82 Å². The number of halogens is 2. The summed E-state index contributed by atoms with van der Waals surface area (Å²) in [6.07, 6.45) is 7.28. The molecule has 1 fully saturated rings. The summed E-state index contributed by atoms with van der Waals surface area (Å²) in [6, 6.07) is 3.77. The lowest BCUT2D eigenvalue weighted by molar-refractivity contribution is 0.0273. The number of nitrogens with one attached hydrogen (secondary N) is 1. The van der Waals surface area contributed by atoms with Crippen LogP contribution in [-0.4, -0.2) is 25.2 Å². The van der Waals surface area contributed by atoms with E-state index in [1.807, 2.05) is 0 Å². The smallest absolute Gasteiger partial charge is 0.252 e. The molecule has 0 spiro atoms. The normalized spacial score (nSPS) is 15.9. The van der Waals surface area contributed by atoms with Crippen LogP contribution in [0.15, 0.2) is 18.2 Å². The number of rotatable bonds is 6. The predicted molar refractivity (Wildman–Crippen MR) is 81.2 cm³/mol. The van der Waals surface area contributed by atoms with E-state index in [1.165, 1.54) is 31.4 Å². The molecule has 21 heavy (non-hydrogen) atoms. The lowest BCUT2D eigenvalue weighted by atomic mass is 9.98. The van der Waals surface area contributed by atoms with Crippen molar-refractivity contribution in [1.82, 2.24) is 5.32 Å². The van der Waals surface area contributed by atoms with Gasteiger partial charge in [0.15, 0.2) is 0 Å². The largest absolute Gasteiger partial charge is 0.378 e. The second-order valence-corrected chi connectivity index (χ2v) is 5.77. The number of ether oxygens (including phenoxy) is 1. The van der Waals surface area contributed by atoms with E-state index in [-0.39, 0.29) is 10.9 Å². The third-order valence-corrected chi connectivity index (χ3v) is 4.00. The molecule has 0 heterocycles. The van der Waals surface area contributed by atoms with E-state index in [9.17, 15) is 9.18 Å². The van der Waals surface area contributed by atoms with Gasteiger partial charge in [-0.05, 0) is 37.5 Å². The van der Waals surface area contributed by atoms with Gasteiger partial charge in [0.25, 0.3) is 5.91 Å². The molecular weight excluding hydrogens is 293 g/mol. The molecule has 116 valence electrons. The minimum Gasteiger partial charge on any atom is -0.378 e. The van der Waals surface area contributed by atoms with Crippen LogP contribution in [0.5, 0.6) is 0 Å². The molecule has 1 aromatic rings. The van der Waals surface area contributed by atoms with Crippen LogP contribution in [0, 0.1) is 5.82 Å². The van der Waals surface area contributed by atoms with Gasteiger partial charge in [0.2, 0.25) is 0 Å². The minimum absolute atomic E-state index is 0.131. The zero-order valence-corrected chi connectivity index (χ0v) is 12.8. The van der Waals surface area contributed by atoms with Crippen molar-refractivity contribution in [2.24, 2.45) is 0 Å². The average Bonchev–Trinajstić information content (AvgIpc) is 2.47. The summed E-state index contributed by atoms with van der Waals surface area (Å²) in [5, 5.41) is 2.90. The summed E-state index contributed by atoms with van der Waals surface area (Å²) in [4.78, 5) is 11.9. The van der Waals surface area contributed by atoms with Crippen molar-refractivity contribution in [1.29, 1.82) is 0 Å². The van der Waals surface area contributed by atoms with Gasteiger partial charge in [-0.15, -0.1) is 0 Å². The van der Waals surface area contributed by atoms with E-state index in [4.69, 9.17) is 16.3 Å². The van der Waals surface area contributed by atoms with Crippen LogP contribution in [0.25, 0.3) is 0 Å². The number of carbonyl (C=O) groups is 1. The Balaban J connectivity index is 1.64. The van der Waals surface area contributed by atoms with Gasteiger partial charge in [-0.2, -0.15) is 0 Å². The molecule has 0 saturated heterocycles. The standard InChI is InChI=1S/C16H21ClFNO2/c17-15-11-12(18)7-8-14(15)16(20)19-9-4-10-21-13-5-2-1-3-6-13/h7-8,11,13H,1-6,9-10H2,(H,19,20). The van der Waals surface area contributed by atoms with Crippen molar-refractivity contribution >= 4 is 17.5 Å². The van der Waals surface area contributed by atoms with Crippen LogP contribution in [-0.2, 0) is 4.74 Å². The molecule has 0 atom stereocenters. The molecule has 1 aliphatic carbocycles. The highest BCUT2D eigenvalue weighted by Crippen LogP contribution is 2.20. The SMILES string of the molecule is O=C(NCCCOC1CCCCC1)c1ccc(F)cc1Cl. The number of amides is 1. The van der Waals surface area contributed by atoms with Crippen molar-refractivity contribution in [2.75, 3.05) is 13.2 Å². The molecule has 5 heteroatoms. The quantitative estimate of drug-likeness (QED) is 0.808. The van der Waals surface area contributed by atoms with Gasteiger partial charge >= 0.3 is 0 Å². The Kier molecular flexibility index (Phi) is 6.46.